The molecule has 0 bridgehead atoms. The summed E-state index contributed by atoms with van der Waals surface area (Å²) in [5.74, 6) is 2.54. The van der Waals surface area contributed by atoms with E-state index in [2.05, 4.69) is 13.8 Å². The fraction of sp³-hybridized carbons (Fsp3) is 0.857. The Morgan fingerprint density at radius 1 is 1.00 bits per heavy atom. The van der Waals surface area contributed by atoms with E-state index in [1.165, 1.54) is 0 Å². The highest BCUT2D eigenvalue weighted by Gasteiger charge is 2.63. The van der Waals surface area contributed by atoms with Crippen molar-refractivity contribution >= 4 is 17.3 Å². The molecule has 24 heavy (non-hydrogen) atoms. The van der Waals surface area contributed by atoms with Crippen molar-refractivity contribution in [1.82, 2.24) is 0 Å². The van der Waals surface area contributed by atoms with Crippen LogP contribution in [0.4, 0.5) is 0 Å². The average molecular weight is 330 g/mol. The third-order valence-electron chi connectivity index (χ3n) is 8.73. The average Bonchev–Trinajstić information content (AvgIpc) is 2.80. The smallest absolute Gasteiger partial charge is 0.137 e. The van der Waals surface area contributed by atoms with Crippen LogP contribution in [-0.2, 0) is 14.4 Å². The topological polar surface area (TPSA) is 51.2 Å². The summed E-state index contributed by atoms with van der Waals surface area (Å²) in [6.07, 6.45) is 7.27. The van der Waals surface area contributed by atoms with Crippen LogP contribution in [0.3, 0.4) is 0 Å². The molecule has 4 saturated carbocycles. The Morgan fingerprint density at radius 2 is 1.75 bits per heavy atom. The van der Waals surface area contributed by atoms with Gasteiger partial charge in [-0.3, -0.25) is 14.4 Å². The lowest BCUT2D eigenvalue weighted by atomic mass is 9.44. The maximum atomic E-state index is 12.9. The second kappa shape index (κ2) is 5.25. The second-order valence-corrected chi connectivity index (χ2v) is 9.65. The Balaban J connectivity index is 1.68. The van der Waals surface area contributed by atoms with E-state index in [9.17, 15) is 14.4 Å². The zero-order chi connectivity index (χ0) is 17.3. The molecule has 132 valence electrons. The van der Waals surface area contributed by atoms with Gasteiger partial charge in [0.1, 0.15) is 17.3 Å². The van der Waals surface area contributed by atoms with Gasteiger partial charge in [0, 0.05) is 31.1 Å². The van der Waals surface area contributed by atoms with Gasteiger partial charge in [0.25, 0.3) is 0 Å². The van der Waals surface area contributed by atoms with Crippen LogP contribution >= 0.6 is 0 Å². The highest BCUT2D eigenvalue weighted by atomic mass is 16.1. The first-order chi connectivity index (χ1) is 11.3. The minimum atomic E-state index is -0.113. The molecule has 0 aromatic rings. The van der Waals surface area contributed by atoms with E-state index in [4.69, 9.17) is 0 Å². The summed E-state index contributed by atoms with van der Waals surface area (Å²) in [5.41, 5.74) is 0.116. The molecule has 3 nitrogen and oxygen atoms in total. The Morgan fingerprint density at radius 3 is 2.46 bits per heavy atom. The van der Waals surface area contributed by atoms with Crippen LogP contribution in [0.25, 0.3) is 0 Å². The largest absolute Gasteiger partial charge is 0.300 e. The lowest BCUT2D eigenvalue weighted by molar-refractivity contribution is -0.149. The molecule has 0 N–H and O–H groups in total. The third-order valence-corrected chi connectivity index (χ3v) is 8.73. The van der Waals surface area contributed by atoms with E-state index in [1.807, 2.05) is 0 Å². The number of fused-ring (bicyclic) bond motifs is 5. The molecule has 0 amide bonds. The first-order valence-electron chi connectivity index (χ1n) is 9.82. The van der Waals surface area contributed by atoms with Crippen LogP contribution in [0, 0.1) is 40.4 Å². The number of carbonyl (C=O) groups excluding carboxylic acids is 3. The van der Waals surface area contributed by atoms with Crippen molar-refractivity contribution < 1.29 is 14.4 Å². The van der Waals surface area contributed by atoms with Crippen molar-refractivity contribution in [3.05, 3.63) is 0 Å². The molecule has 0 spiro atoms. The molecule has 4 aliphatic carbocycles. The molecule has 0 saturated heterocycles. The number of ketones is 3. The van der Waals surface area contributed by atoms with Gasteiger partial charge < -0.3 is 0 Å². The predicted octanol–water partition coefficient (Wildman–Crippen LogP) is 3.98. The lowest BCUT2D eigenvalue weighted by Gasteiger charge is -2.59. The number of rotatable bonds is 1. The maximum Gasteiger partial charge on any atom is 0.137 e. The summed E-state index contributed by atoms with van der Waals surface area (Å²) in [5, 5.41) is 0. The van der Waals surface area contributed by atoms with Gasteiger partial charge in [-0.1, -0.05) is 13.8 Å². The molecule has 3 heteroatoms. The van der Waals surface area contributed by atoms with Crippen LogP contribution in [-0.4, -0.2) is 17.3 Å². The molecule has 0 heterocycles. The summed E-state index contributed by atoms with van der Waals surface area (Å²) >= 11 is 0. The van der Waals surface area contributed by atoms with Gasteiger partial charge in [0.05, 0.1) is 0 Å². The monoisotopic (exact) mass is 330 g/mol. The Kier molecular flexibility index (Phi) is 3.61. The molecule has 0 aliphatic heterocycles. The first kappa shape index (κ1) is 16.5. The Hall–Kier alpha value is -0.990. The molecule has 0 unspecified atom stereocenters. The number of Topliss-reactive ketones (excluding diaryl/α,β-unsaturated/α-hetero) is 3. The number of hydrogen-bond donors (Lipinski definition) is 0. The molecule has 4 rings (SSSR count). The summed E-state index contributed by atoms with van der Waals surface area (Å²) in [7, 11) is 0. The van der Waals surface area contributed by atoms with E-state index in [0.717, 1.165) is 44.9 Å². The fourth-order valence-electron chi connectivity index (χ4n) is 7.45. The molecule has 0 aromatic heterocycles. The van der Waals surface area contributed by atoms with Crippen LogP contribution in [0.1, 0.15) is 72.1 Å². The van der Waals surface area contributed by atoms with Gasteiger partial charge in [-0.25, -0.2) is 0 Å². The minimum absolute atomic E-state index is 0.0607. The van der Waals surface area contributed by atoms with Crippen molar-refractivity contribution in [3.63, 3.8) is 0 Å². The normalized spacial score (nSPS) is 50.9. The SMILES string of the molecule is CC(=O)[C@H]1CC(=O)[C@H]2[C@@H]3CC[C@@H]4CC(=O)CC[C@]4(C)[C@H]3CC[C@]12C. The standard InChI is InChI=1S/C21H30O3/c1-12(22)17-11-18(24)19-15-5-4-13-10-14(23)6-8-20(13,2)16(15)7-9-21(17,19)3/h13,15-17,19H,4-11H2,1-3H3/t13-,15-,16+,17-,19-,20+,21-/m1/s1. The van der Waals surface area contributed by atoms with E-state index in [1.54, 1.807) is 6.92 Å². The van der Waals surface area contributed by atoms with E-state index in [-0.39, 0.29) is 28.4 Å². The zero-order valence-electron chi connectivity index (χ0n) is 15.3. The van der Waals surface area contributed by atoms with Crippen molar-refractivity contribution in [2.45, 2.75) is 72.1 Å². The van der Waals surface area contributed by atoms with Crippen molar-refractivity contribution in [1.29, 1.82) is 0 Å². The van der Waals surface area contributed by atoms with Gasteiger partial charge in [-0.2, -0.15) is 0 Å². The molecule has 0 radical (unpaired) electrons. The van der Waals surface area contributed by atoms with Crippen molar-refractivity contribution in [3.8, 4) is 0 Å². The van der Waals surface area contributed by atoms with Gasteiger partial charge in [0.2, 0.25) is 0 Å². The van der Waals surface area contributed by atoms with Crippen LogP contribution < -0.4 is 0 Å². The quantitative estimate of drug-likeness (QED) is 0.730. The molecule has 4 aliphatic rings. The van der Waals surface area contributed by atoms with Crippen LogP contribution in [0.5, 0.6) is 0 Å². The third kappa shape index (κ3) is 2.05. The van der Waals surface area contributed by atoms with Crippen molar-refractivity contribution in [2.24, 2.45) is 40.4 Å². The van der Waals surface area contributed by atoms with E-state index in [0.29, 0.717) is 35.7 Å². The van der Waals surface area contributed by atoms with Gasteiger partial charge in [0.15, 0.2) is 0 Å². The van der Waals surface area contributed by atoms with Gasteiger partial charge in [-0.05, 0) is 67.6 Å². The van der Waals surface area contributed by atoms with Gasteiger partial charge >= 0.3 is 0 Å². The van der Waals surface area contributed by atoms with E-state index >= 15 is 0 Å². The van der Waals surface area contributed by atoms with Gasteiger partial charge in [-0.15, -0.1) is 0 Å². The molecule has 0 aromatic carbocycles. The zero-order valence-corrected chi connectivity index (χ0v) is 15.3. The predicted molar refractivity (Wildman–Crippen MR) is 91.3 cm³/mol. The van der Waals surface area contributed by atoms with Crippen LogP contribution in [0.15, 0.2) is 0 Å². The Labute approximate surface area is 144 Å². The van der Waals surface area contributed by atoms with Crippen LogP contribution in [0.2, 0.25) is 0 Å². The maximum absolute atomic E-state index is 12.9. The summed E-state index contributed by atoms with van der Waals surface area (Å²) in [4.78, 5) is 37.0. The summed E-state index contributed by atoms with van der Waals surface area (Å²) in [6.45, 7) is 6.28. The summed E-state index contributed by atoms with van der Waals surface area (Å²) < 4.78 is 0. The molecular formula is C21H30O3. The molecule has 7 atom stereocenters. The Bertz CT molecular complexity index is 608. The second-order valence-electron chi connectivity index (χ2n) is 9.65. The number of hydrogen-bond acceptors (Lipinski definition) is 3. The highest BCUT2D eigenvalue weighted by Crippen LogP contribution is 2.66. The minimum Gasteiger partial charge on any atom is -0.300 e. The first-order valence-corrected chi connectivity index (χ1v) is 9.82. The fourth-order valence-corrected chi connectivity index (χ4v) is 7.45. The molecule has 4 fully saturated rings. The summed E-state index contributed by atoms with van der Waals surface area (Å²) in [6, 6.07) is 0. The van der Waals surface area contributed by atoms with Crippen molar-refractivity contribution in [2.75, 3.05) is 0 Å². The van der Waals surface area contributed by atoms with E-state index < -0.39 is 0 Å². The lowest BCUT2D eigenvalue weighted by Crippen LogP contribution is -2.54. The highest BCUT2D eigenvalue weighted by molar-refractivity contribution is 5.93. The molecular weight excluding hydrogens is 300 g/mol. The number of carbonyl (C=O) groups is 3.